The predicted octanol–water partition coefficient (Wildman–Crippen LogP) is 3.57. The summed E-state index contributed by atoms with van der Waals surface area (Å²) in [4.78, 5) is 15.2. The Morgan fingerprint density at radius 1 is 0.929 bits per heavy atom. The van der Waals surface area contributed by atoms with Crippen molar-refractivity contribution in [2.75, 3.05) is 37.4 Å². The van der Waals surface area contributed by atoms with Crippen LogP contribution in [0.15, 0.2) is 53.4 Å². The van der Waals surface area contributed by atoms with Crippen LogP contribution in [0, 0.1) is 0 Å². The topological polar surface area (TPSA) is 69.7 Å². The third kappa shape index (κ3) is 4.54. The minimum absolute atomic E-state index is 0.166. The highest BCUT2D eigenvalue weighted by atomic mass is 32.2. The van der Waals surface area contributed by atoms with Gasteiger partial charge in [-0.2, -0.15) is 0 Å². The fraction of sp³-hybridized carbons (Fsp3) is 0.381. The molecule has 0 aliphatic carbocycles. The van der Waals surface area contributed by atoms with Gasteiger partial charge in [0.2, 0.25) is 10.0 Å². The molecule has 1 aliphatic heterocycles. The molecule has 0 bridgehead atoms. The van der Waals surface area contributed by atoms with E-state index in [2.05, 4.69) is 10.2 Å². The van der Waals surface area contributed by atoms with Crippen molar-refractivity contribution >= 4 is 27.3 Å². The second kappa shape index (κ2) is 8.75. The lowest BCUT2D eigenvalue weighted by Gasteiger charge is -2.25. The van der Waals surface area contributed by atoms with Crippen LogP contribution in [-0.4, -0.2) is 45.8 Å². The number of carbonyl (C=O) groups is 1. The van der Waals surface area contributed by atoms with Gasteiger partial charge in [-0.05, 0) is 49.2 Å². The lowest BCUT2D eigenvalue weighted by molar-refractivity contribution is 0.102. The molecule has 0 unspecified atom stereocenters. The molecular weight excluding hydrogens is 374 g/mol. The maximum Gasteiger partial charge on any atom is 0.255 e. The highest BCUT2D eigenvalue weighted by Gasteiger charge is 2.19. The van der Waals surface area contributed by atoms with Crippen molar-refractivity contribution in [2.24, 2.45) is 0 Å². The Labute approximate surface area is 167 Å². The first-order valence-electron chi connectivity index (χ1n) is 9.57. The minimum Gasteiger partial charge on any atom is -0.370 e. The quantitative estimate of drug-likeness (QED) is 0.832. The zero-order valence-electron chi connectivity index (χ0n) is 16.4. The van der Waals surface area contributed by atoms with Gasteiger partial charge in [-0.25, -0.2) is 12.7 Å². The SMILES string of the molecule is CN(C)S(=O)(=O)c1ccc(C(=O)Nc2ccccc2N2CCCCCC2)cc1. The molecule has 6 nitrogen and oxygen atoms in total. The molecule has 150 valence electrons. The van der Waals surface area contributed by atoms with Crippen molar-refractivity contribution in [3.05, 3.63) is 54.1 Å². The Balaban J connectivity index is 1.78. The van der Waals surface area contributed by atoms with Crippen LogP contribution < -0.4 is 10.2 Å². The van der Waals surface area contributed by atoms with E-state index < -0.39 is 10.0 Å². The van der Waals surface area contributed by atoms with Crippen molar-refractivity contribution in [3.8, 4) is 0 Å². The first-order chi connectivity index (χ1) is 13.4. The normalized spacial score (nSPS) is 15.3. The third-order valence-electron chi connectivity index (χ3n) is 4.99. The summed E-state index contributed by atoms with van der Waals surface area (Å²) in [6.07, 6.45) is 4.80. The maximum atomic E-state index is 12.7. The smallest absolute Gasteiger partial charge is 0.255 e. The number of sulfonamides is 1. The summed E-state index contributed by atoms with van der Waals surface area (Å²) >= 11 is 0. The third-order valence-corrected chi connectivity index (χ3v) is 6.82. The first-order valence-corrected chi connectivity index (χ1v) is 11.0. The molecule has 7 heteroatoms. The van der Waals surface area contributed by atoms with Gasteiger partial charge in [0.15, 0.2) is 0 Å². The van der Waals surface area contributed by atoms with Gasteiger partial charge in [0.25, 0.3) is 5.91 Å². The monoisotopic (exact) mass is 401 g/mol. The average molecular weight is 402 g/mol. The number of carbonyl (C=O) groups excluding carboxylic acids is 1. The molecule has 1 aliphatic rings. The second-order valence-electron chi connectivity index (χ2n) is 7.18. The van der Waals surface area contributed by atoms with Gasteiger partial charge in [0, 0.05) is 32.7 Å². The second-order valence-corrected chi connectivity index (χ2v) is 9.34. The molecule has 0 spiro atoms. The van der Waals surface area contributed by atoms with Crippen molar-refractivity contribution in [2.45, 2.75) is 30.6 Å². The van der Waals surface area contributed by atoms with Crippen LogP contribution in [0.3, 0.4) is 0 Å². The number of nitrogens with one attached hydrogen (secondary N) is 1. The molecule has 0 atom stereocenters. The highest BCUT2D eigenvalue weighted by Crippen LogP contribution is 2.28. The summed E-state index contributed by atoms with van der Waals surface area (Å²) in [6.45, 7) is 1.98. The number of nitrogens with zero attached hydrogens (tertiary/aromatic N) is 2. The lowest BCUT2D eigenvalue weighted by atomic mass is 10.2. The molecule has 1 heterocycles. The Bertz CT molecular complexity index is 916. The highest BCUT2D eigenvalue weighted by molar-refractivity contribution is 7.89. The van der Waals surface area contributed by atoms with E-state index in [9.17, 15) is 13.2 Å². The largest absolute Gasteiger partial charge is 0.370 e. The van der Waals surface area contributed by atoms with Crippen LogP contribution in [0.1, 0.15) is 36.0 Å². The van der Waals surface area contributed by atoms with Gasteiger partial charge < -0.3 is 10.2 Å². The van der Waals surface area contributed by atoms with Crippen molar-refractivity contribution in [1.29, 1.82) is 0 Å². The predicted molar refractivity (Wildman–Crippen MR) is 112 cm³/mol. The number of rotatable bonds is 5. The average Bonchev–Trinajstić information content (AvgIpc) is 2.98. The van der Waals surface area contributed by atoms with Crippen molar-refractivity contribution in [3.63, 3.8) is 0 Å². The van der Waals surface area contributed by atoms with Crippen LogP contribution in [0.5, 0.6) is 0 Å². The van der Waals surface area contributed by atoms with Crippen LogP contribution in [0.4, 0.5) is 11.4 Å². The van der Waals surface area contributed by atoms with Crippen LogP contribution in [-0.2, 0) is 10.0 Å². The van der Waals surface area contributed by atoms with E-state index in [1.807, 2.05) is 24.3 Å². The lowest BCUT2D eigenvalue weighted by Crippen LogP contribution is -2.25. The van der Waals surface area contributed by atoms with Crippen LogP contribution in [0.2, 0.25) is 0 Å². The van der Waals surface area contributed by atoms with Crippen molar-refractivity contribution < 1.29 is 13.2 Å². The van der Waals surface area contributed by atoms with E-state index >= 15 is 0 Å². The summed E-state index contributed by atoms with van der Waals surface area (Å²) in [7, 11) is -0.544. The Kier molecular flexibility index (Phi) is 6.36. The van der Waals surface area contributed by atoms with Gasteiger partial charge in [0.05, 0.1) is 16.3 Å². The number of amides is 1. The molecule has 28 heavy (non-hydrogen) atoms. The molecule has 2 aromatic rings. The number of benzene rings is 2. The van der Waals surface area contributed by atoms with E-state index in [4.69, 9.17) is 0 Å². The summed E-state index contributed by atoms with van der Waals surface area (Å²) in [5.74, 6) is -0.254. The fourth-order valence-electron chi connectivity index (χ4n) is 3.35. The molecule has 0 saturated carbocycles. The molecule has 1 saturated heterocycles. The van der Waals surface area contributed by atoms with Gasteiger partial charge >= 0.3 is 0 Å². The number of hydrogen-bond donors (Lipinski definition) is 1. The van der Waals surface area contributed by atoms with E-state index in [0.29, 0.717) is 5.56 Å². The minimum atomic E-state index is -3.51. The molecule has 0 aromatic heterocycles. The molecule has 1 N–H and O–H groups in total. The van der Waals surface area contributed by atoms with E-state index in [1.54, 1.807) is 12.1 Å². The summed E-state index contributed by atoms with van der Waals surface area (Å²) in [5, 5.41) is 2.99. The fourth-order valence-corrected chi connectivity index (χ4v) is 4.25. The number of anilines is 2. The van der Waals surface area contributed by atoms with E-state index in [0.717, 1.165) is 41.6 Å². The Morgan fingerprint density at radius 2 is 1.54 bits per heavy atom. The summed E-state index contributed by atoms with van der Waals surface area (Å²) in [6, 6.07) is 13.8. The van der Waals surface area contributed by atoms with Crippen LogP contribution >= 0.6 is 0 Å². The van der Waals surface area contributed by atoms with Crippen LogP contribution in [0.25, 0.3) is 0 Å². The van der Waals surface area contributed by atoms with Gasteiger partial charge in [-0.3, -0.25) is 4.79 Å². The number of hydrogen-bond acceptors (Lipinski definition) is 4. The molecule has 3 rings (SSSR count). The standard InChI is InChI=1S/C21H27N3O3S/c1-23(2)28(26,27)18-13-11-17(12-14-18)21(25)22-19-9-5-6-10-20(19)24-15-7-3-4-8-16-24/h5-6,9-14H,3-4,7-8,15-16H2,1-2H3,(H,22,25). The Hall–Kier alpha value is -2.38. The van der Waals surface area contributed by atoms with Gasteiger partial charge in [-0.15, -0.1) is 0 Å². The zero-order chi connectivity index (χ0) is 20.1. The molecule has 1 amide bonds. The van der Waals surface area contributed by atoms with Crippen molar-refractivity contribution in [1.82, 2.24) is 4.31 Å². The molecular formula is C21H27N3O3S. The number of para-hydroxylation sites is 2. The van der Waals surface area contributed by atoms with E-state index in [1.165, 1.54) is 39.1 Å². The maximum absolute atomic E-state index is 12.7. The molecule has 0 radical (unpaired) electrons. The Morgan fingerprint density at radius 3 is 2.14 bits per heavy atom. The molecule has 1 fully saturated rings. The van der Waals surface area contributed by atoms with E-state index in [-0.39, 0.29) is 10.8 Å². The first kappa shape index (κ1) is 20.4. The van der Waals surface area contributed by atoms with Gasteiger partial charge in [0.1, 0.15) is 0 Å². The molecule has 2 aromatic carbocycles. The zero-order valence-corrected chi connectivity index (χ0v) is 17.2. The summed E-state index contributed by atoms with van der Waals surface area (Å²) in [5.41, 5.74) is 2.23. The van der Waals surface area contributed by atoms with Gasteiger partial charge in [-0.1, -0.05) is 25.0 Å². The summed E-state index contributed by atoms with van der Waals surface area (Å²) < 4.78 is 25.5.